The number of carboxylic acids is 1. The summed E-state index contributed by atoms with van der Waals surface area (Å²) in [6.07, 6.45) is 2.91. The van der Waals surface area contributed by atoms with Gasteiger partial charge in [0.1, 0.15) is 5.54 Å². The first-order valence-corrected chi connectivity index (χ1v) is 6.76. The average Bonchev–Trinajstić information content (AvgIpc) is 2.38. The maximum absolute atomic E-state index is 12.1. The Morgan fingerprint density at radius 3 is 2.42 bits per heavy atom. The summed E-state index contributed by atoms with van der Waals surface area (Å²) < 4.78 is 5.24. The number of carbonyl (C=O) groups excluding carboxylic acids is 1. The van der Waals surface area contributed by atoms with Gasteiger partial charge < -0.3 is 20.1 Å². The maximum atomic E-state index is 12.1. The summed E-state index contributed by atoms with van der Waals surface area (Å²) in [4.78, 5) is 25.0. The summed E-state index contributed by atoms with van der Waals surface area (Å²) >= 11 is 0. The predicted octanol–water partition coefficient (Wildman–Crippen LogP) is 1.45. The van der Waals surface area contributed by atoms with Crippen LogP contribution in [-0.2, 0) is 9.53 Å². The molecule has 1 fully saturated rings. The van der Waals surface area contributed by atoms with Crippen molar-refractivity contribution in [2.24, 2.45) is 0 Å². The molecular weight excluding hydrogens is 248 g/mol. The SMILES string of the molecule is CCCC(C)(NC(=O)N1CCC(OC)CC1)C(=O)O. The Kier molecular flexibility index (Phi) is 5.60. The Morgan fingerprint density at radius 2 is 2.00 bits per heavy atom. The zero-order chi connectivity index (χ0) is 14.5. The summed E-state index contributed by atoms with van der Waals surface area (Å²) in [7, 11) is 1.67. The minimum atomic E-state index is -1.19. The summed E-state index contributed by atoms with van der Waals surface area (Å²) in [5, 5.41) is 11.9. The number of nitrogens with zero attached hydrogens (tertiary/aromatic N) is 1. The van der Waals surface area contributed by atoms with Gasteiger partial charge in [0.05, 0.1) is 6.10 Å². The number of hydrogen-bond acceptors (Lipinski definition) is 3. The highest BCUT2D eigenvalue weighted by Crippen LogP contribution is 2.16. The number of ether oxygens (including phenoxy) is 1. The molecule has 6 heteroatoms. The van der Waals surface area contributed by atoms with Crippen molar-refractivity contribution < 1.29 is 19.4 Å². The lowest BCUT2D eigenvalue weighted by molar-refractivity contribution is -0.144. The van der Waals surface area contributed by atoms with Gasteiger partial charge in [0.2, 0.25) is 0 Å². The Labute approximate surface area is 114 Å². The molecule has 19 heavy (non-hydrogen) atoms. The first kappa shape index (κ1) is 15.8. The first-order valence-electron chi connectivity index (χ1n) is 6.76. The van der Waals surface area contributed by atoms with Crippen LogP contribution in [0.4, 0.5) is 4.79 Å². The van der Waals surface area contributed by atoms with Crippen molar-refractivity contribution in [3.05, 3.63) is 0 Å². The quantitative estimate of drug-likeness (QED) is 0.794. The van der Waals surface area contributed by atoms with E-state index in [1.807, 2.05) is 6.92 Å². The standard InChI is InChI=1S/C13H24N2O4/c1-4-7-13(2,11(16)17)14-12(18)15-8-5-10(19-3)6-9-15/h10H,4-9H2,1-3H3,(H,14,18)(H,16,17). The van der Waals surface area contributed by atoms with Gasteiger partial charge >= 0.3 is 12.0 Å². The summed E-state index contributed by atoms with van der Waals surface area (Å²) in [5.74, 6) is -0.991. The van der Waals surface area contributed by atoms with Crippen molar-refractivity contribution in [1.29, 1.82) is 0 Å². The van der Waals surface area contributed by atoms with Gasteiger partial charge in [0, 0.05) is 20.2 Å². The van der Waals surface area contributed by atoms with Gasteiger partial charge in [-0.25, -0.2) is 9.59 Å². The van der Waals surface area contributed by atoms with Crippen LogP contribution in [0.25, 0.3) is 0 Å². The summed E-state index contributed by atoms with van der Waals surface area (Å²) in [6, 6.07) is -0.298. The van der Waals surface area contributed by atoms with Gasteiger partial charge in [-0.3, -0.25) is 0 Å². The third-order valence-corrected chi connectivity index (χ3v) is 3.67. The Morgan fingerprint density at radius 1 is 1.42 bits per heavy atom. The predicted molar refractivity (Wildman–Crippen MR) is 71.1 cm³/mol. The number of urea groups is 1. The molecule has 1 heterocycles. The number of methoxy groups -OCH3 is 1. The molecule has 0 aliphatic carbocycles. The van der Waals surface area contributed by atoms with Crippen molar-refractivity contribution >= 4 is 12.0 Å². The highest BCUT2D eigenvalue weighted by Gasteiger charge is 2.35. The molecule has 0 radical (unpaired) electrons. The van der Waals surface area contributed by atoms with Gasteiger partial charge in [-0.2, -0.15) is 0 Å². The number of rotatable bonds is 5. The normalized spacial score (nSPS) is 19.8. The molecule has 0 saturated carbocycles. The molecule has 0 aromatic rings. The highest BCUT2D eigenvalue weighted by molar-refractivity contribution is 5.85. The Hall–Kier alpha value is -1.30. The van der Waals surface area contributed by atoms with E-state index in [0.29, 0.717) is 25.9 Å². The minimum Gasteiger partial charge on any atom is -0.480 e. The zero-order valence-electron chi connectivity index (χ0n) is 11.9. The zero-order valence-corrected chi connectivity index (χ0v) is 11.9. The van der Waals surface area contributed by atoms with Crippen molar-refractivity contribution in [2.75, 3.05) is 20.2 Å². The number of likely N-dealkylation sites (tertiary alicyclic amines) is 1. The van der Waals surface area contributed by atoms with Crippen LogP contribution in [0.1, 0.15) is 39.5 Å². The van der Waals surface area contributed by atoms with E-state index in [9.17, 15) is 14.7 Å². The van der Waals surface area contributed by atoms with Crippen LogP contribution in [0.5, 0.6) is 0 Å². The van der Waals surface area contributed by atoms with E-state index in [1.54, 1.807) is 18.9 Å². The van der Waals surface area contributed by atoms with Crippen LogP contribution >= 0.6 is 0 Å². The minimum absolute atomic E-state index is 0.200. The number of nitrogens with one attached hydrogen (secondary N) is 1. The van der Waals surface area contributed by atoms with Crippen LogP contribution in [-0.4, -0.2) is 53.8 Å². The molecule has 0 aromatic carbocycles. The van der Waals surface area contributed by atoms with Crippen molar-refractivity contribution in [3.63, 3.8) is 0 Å². The molecule has 110 valence electrons. The molecule has 2 N–H and O–H groups in total. The van der Waals surface area contributed by atoms with Gasteiger partial charge in [0.25, 0.3) is 0 Å². The van der Waals surface area contributed by atoms with E-state index in [0.717, 1.165) is 12.8 Å². The van der Waals surface area contributed by atoms with Gasteiger partial charge in [-0.05, 0) is 26.2 Å². The third-order valence-electron chi connectivity index (χ3n) is 3.67. The fourth-order valence-corrected chi connectivity index (χ4v) is 2.33. The van der Waals surface area contributed by atoms with E-state index in [-0.39, 0.29) is 12.1 Å². The van der Waals surface area contributed by atoms with Crippen molar-refractivity contribution in [3.8, 4) is 0 Å². The number of hydrogen-bond donors (Lipinski definition) is 2. The second-order valence-electron chi connectivity index (χ2n) is 5.24. The first-order chi connectivity index (χ1) is 8.92. The maximum Gasteiger partial charge on any atom is 0.329 e. The lowest BCUT2D eigenvalue weighted by Crippen LogP contribution is -2.57. The molecule has 0 bridgehead atoms. The molecule has 1 aliphatic heterocycles. The third kappa shape index (κ3) is 4.09. The number of carboxylic acid groups (broad SMARTS) is 1. The van der Waals surface area contributed by atoms with Crippen LogP contribution in [0.15, 0.2) is 0 Å². The van der Waals surface area contributed by atoms with Crippen LogP contribution in [0.2, 0.25) is 0 Å². The lowest BCUT2D eigenvalue weighted by Gasteiger charge is -2.34. The second-order valence-corrected chi connectivity index (χ2v) is 5.24. The fourth-order valence-electron chi connectivity index (χ4n) is 2.33. The molecule has 0 spiro atoms. The highest BCUT2D eigenvalue weighted by atomic mass is 16.5. The van der Waals surface area contributed by atoms with Gasteiger partial charge in [-0.1, -0.05) is 13.3 Å². The lowest BCUT2D eigenvalue weighted by atomic mass is 9.96. The number of carbonyl (C=O) groups is 2. The summed E-state index contributed by atoms with van der Waals surface area (Å²) in [5.41, 5.74) is -1.19. The molecule has 1 aliphatic rings. The molecule has 0 aromatic heterocycles. The van der Waals surface area contributed by atoms with Crippen LogP contribution in [0, 0.1) is 0 Å². The second kappa shape index (κ2) is 6.75. The number of amides is 2. The van der Waals surface area contributed by atoms with Gasteiger partial charge in [-0.15, -0.1) is 0 Å². The smallest absolute Gasteiger partial charge is 0.329 e. The van der Waals surface area contributed by atoms with E-state index >= 15 is 0 Å². The fraction of sp³-hybridized carbons (Fsp3) is 0.846. The molecule has 6 nitrogen and oxygen atoms in total. The van der Waals surface area contributed by atoms with E-state index < -0.39 is 11.5 Å². The molecule has 1 rings (SSSR count). The molecule has 2 amide bonds. The van der Waals surface area contributed by atoms with Gasteiger partial charge in [0.15, 0.2) is 0 Å². The van der Waals surface area contributed by atoms with E-state index in [1.165, 1.54) is 0 Å². The topological polar surface area (TPSA) is 78.9 Å². The van der Waals surface area contributed by atoms with E-state index in [4.69, 9.17) is 4.74 Å². The van der Waals surface area contributed by atoms with Crippen molar-refractivity contribution in [2.45, 2.75) is 51.2 Å². The average molecular weight is 272 g/mol. The molecular formula is C13H24N2O4. The van der Waals surface area contributed by atoms with E-state index in [2.05, 4.69) is 5.32 Å². The monoisotopic (exact) mass is 272 g/mol. The van der Waals surface area contributed by atoms with Crippen LogP contribution in [0.3, 0.4) is 0 Å². The Bertz CT molecular complexity index is 327. The summed E-state index contributed by atoms with van der Waals surface area (Å²) in [6.45, 7) is 4.66. The number of piperidine rings is 1. The number of aliphatic carboxylic acids is 1. The molecule has 1 atom stereocenters. The van der Waals surface area contributed by atoms with Crippen LogP contribution < -0.4 is 5.32 Å². The molecule has 1 saturated heterocycles. The molecule has 1 unspecified atom stereocenters. The Balaban J connectivity index is 2.56. The largest absolute Gasteiger partial charge is 0.480 e. The van der Waals surface area contributed by atoms with Crippen molar-refractivity contribution in [1.82, 2.24) is 10.2 Å².